The minimum Gasteiger partial charge on any atom is -0.329 e. The average Bonchev–Trinajstić information content (AvgIpc) is 3.03. The predicted octanol–water partition coefficient (Wildman–Crippen LogP) is 2.61. The van der Waals surface area contributed by atoms with Gasteiger partial charge in [0.05, 0.1) is 23.4 Å². The van der Waals surface area contributed by atoms with E-state index in [0.29, 0.717) is 0 Å². The second kappa shape index (κ2) is 5.13. The second-order valence-electron chi connectivity index (χ2n) is 4.54. The Kier molecular flexibility index (Phi) is 3.33. The van der Waals surface area contributed by atoms with Crippen molar-refractivity contribution >= 4 is 22.4 Å². The summed E-state index contributed by atoms with van der Waals surface area (Å²) in [5, 5.41) is 2.10. The smallest absolute Gasteiger partial charge is 0.0958 e. The van der Waals surface area contributed by atoms with Crippen molar-refractivity contribution < 1.29 is 0 Å². The largest absolute Gasteiger partial charge is 0.329 e. The summed E-state index contributed by atoms with van der Waals surface area (Å²) in [6.07, 6.45) is 1.87. The van der Waals surface area contributed by atoms with Crippen molar-refractivity contribution in [1.29, 1.82) is 0 Å². The first-order valence-corrected chi connectivity index (χ1v) is 7.07. The molecule has 0 aliphatic heterocycles. The molecule has 0 aliphatic carbocycles. The number of benzene rings is 1. The van der Waals surface area contributed by atoms with E-state index < -0.39 is 0 Å². The van der Waals surface area contributed by atoms with Crippen LogP contribution in [-0.2, 0) is 6.54 Å². The van der Waals surface area contributed by atoms with Gasteiger partial charge in [0, 0.05) is 11.4 Å². The highest BCUT2D eigenvalue weighted by Crippen LogP contribution is 2.24. The average molecular weight is 272 g/mol. The van der Waals surface area contributed by atoms with Gasteiger partial charge in [-0.05, 0) is 36.1 Å². The molecule has 4 nitrogen and oxygen atoms in total. The lowest BCUT2D eigenvalue weighted by molar-refractivity contribution is 0.481. The van der Waals surface area contributed by atoms with Crippen molar-refractivity contribution in [1.82, 2.24) is 15.0 Å². The van der Waals surface area contributed by atoms with Crippen molar-refractivity contribution in [3.05, 3.63) is 52.5 Å². The normalized spacial score (nSPS) is 12.9. The Morgan fingerprint density at radius 3 is 2.95 bits per heavy atom. The number of aromatic nitrogens is 2. The van der Waals surface area contributed by atoms with Crippen LogP contribution < -0.4 is 11.3 Å². The van der Waals surface area contributed by atoms with Crippen LogP contribution in [0.25, 0.3) is 11.0 Å². The number of nitrogens with zero attached hydrogens (tertiary/aromatic N) is 2. The van der Waals surface area contributed by atoms with Crippen LogP contribution in [0.1, 0.15) is 16.5 Å². The number of hydrazine groups is 1. The van der Waals surface area contributed by atoms with Crippen LogP contribution in [-0.4, -0.2) is 9.55 Å². The Bertz CT molecular complexity index is 685. The van der Waals surface area contributed by atoms with E-state index >= 15 is 0 Å². The van der Waals surface area contributed by atoms with E-state index in [-0.39, 0.29) is 6.04 Å². The van der Waals surface area contributed by atoms with Gasteiger partial charge in [0.2, 0.25) is 0 Å². The summed E-state index contributed by atoms with van der Waals surface area (Å²) in [4.78, 5) is 5.71. The highest BCUT2D eigenvalue weighted by molar-refractivity contribution is 7.10. The maximum Gasteiger partial charge on any atom is 0.0958 e. The Morgan fingerprint density at radius 1 is 1.37 bits per heavy atom. The minimum absolute atomic E-state index is 0.101. The molecule has 0 bridgehead atoms. The molecule has 3 rings (SSSR count). The molecule has 1 atom stereocenters. The second-order valence-corrected chi connectivity index (χ2v) is 5.66. The molecule has 1 aromatic carbocycles. The third-order valence-electron chi connectivity index (χ3n) is 3.38. The van der Waals surface area contributed by atoms with Gasteiger partial charge in [0.1, 0.15) is 0 Å². The SMILES string of the molecule is Cc1sccc1C(Cn1cnc2ccccc21)NN. The molecular formula is C14H16N4S. The first-order valence-electron chi connectivity index (χ1n) is 6.19. The lowest BCUT2D eigenvalue weighted by Gasteiger charge is -2.17. The molecule has 19 heavy (non-hydrogen) atoms. The topological polar surface area (TPSA) is 55.9 Å². The number of para-hydroxylation sites is 2. The number of hydrogen-bond acceptors (Lipinski definition) is 4. The lowest BCUT2D eigenvalue weighted by Crippen LogP contribution is -2.31. The summed E-state index contributed by atoms with van der Waals surface area (Å²) in [5.41, 5.74) is 6.31. The van der Waals surface area contributed by atoms with Gasteiger partial charge in [-0.1, -0.05) is 12.1 Å². The Labute approximate surface area is 115 Å². The molecular weight excluding hydrogens is 256 g/mol. The summed E-state index contributed by atoms with van der Waals surface area (Å²) < 4.78 is 2.14. The van der Waals surface area contributed by atoms with Crippen molar-refractivity contribution in [3.63, 3.8) is 0 Å². The third-order valence-corrected chi connectivity index (χ3v) is 4.24. The number of thiophene rings is 1. The first-order chi connectivity index (χ1) is 9.29. The molecule has 0 fully saturated rings. The third kappa shape index (κ3) is 2.28. The van der Waals surface area contributed by atoms with E-state index in [9.17, 15) is 0 Å². The fourth-order valence-electron chi connectivity index (χ4n) is 2.35. The van der Waals surface area contributed by atoms with Crippen molar-refractivity contribution in [2.45, 2.75) is 19.5 Å². The number of nitrogens with one attached hydrogen (secondary N) is 1. The summed E-state index contributed by atoms with van der Waals surface area (Å²) in [6.45, 7) is 2.89. The maximum absolute atomic E-state index is 5.71. The van der Waals surface area contributed by atoms with Crippen molar-refractivity contribution in [2.24, 2.45) is 5.84 Å². The van der Waals surface area contributed by atoms with Gasteiger partial charge in [-0.15, -0.1) is 11.3 Å². The van der Waals surface area contributed by atoms with E-state index in [1.165, 1.54) is 10.4 Å². The summed E-state index contributed by atoms with van der Waals surface area (Å²) in [6, 6.07) is 10.4. The van der Waals surface area contributed by atoms with Crippen LogP contribution in [0.4, 0.5) is 0 Å². The van der Waals surface area contributed by atoms with Gasteiger partial charge in [-0.2, -0.15) is 0 Å². The molecule has 2 aromatic heterocycles. The van der Waals surface area contributed by atoms with Gasteiger partial charge >= 0.3 is 0 Å². The number of aryl methyl sites for hydroxylation is 1. The number of fused-ring (bicyclic) bond motifs is 1. The fraction of sp³-hybridized carbons (Fsp3) is 0.214. The van der Waals surface area contributed by atoms with Crippen LogP contribution in [0.5, 0.6) is 0 Å². The monoisotopic (exact) mass is 272 g/mol. The highest BCUT2D eigenvalue weighted by Gasteiger charge is 2.15. The van der Waals surface area contributed by atoms with E-state index in [0.717, 1.165) is 17.6 Å². The molecule has 0 aliphatic rings. The van der Waals surface area contributed by atoms with E-state index in [4.69, 9.17) is 5.84 Å². The van der Waals surface area contributed by atoms with Gasteiger partial charge in [0.25, 0.3) is 0 Å². The molecule has 0 saturated heterocycles. The van der Waals surface area contributed by atoms with Crippen LogP contribution in [0.2, 0.25) is 0 Å². The molecule has 3 aromatic rings. The molecule has 98 valence electrons. The predicted molar refractivity (Wildman–Crippen MR) is 78.9 cm³/mol. The summed E-state index contributed by atoms with van der Waals surface area (Å²) >= 11 is 1.74. The van der Waals surface area contributed by atoms with Crippen molar-refractivity contribution in [2.75, 3.05) is 0 Å². The molecule has 2 heterocycles. The standard InChI is InChI=1S/C14H16N4S/c1-10-11(6-7-19-10)13(17-15)8-18-9-16-12-4-2-3-5-14(12)18/h2-7,9,13,17H,8,15H2,1H3. The molecule has 0 radical (unpaired) electrons. The zero-order valence-corrected chi connectivity index (χ0v) is 11.5. The number of imidazole rings is 1. The zero-order chi connectivity index (χ0) is 13.2. The van der Waals surface area contributed by atoms with Crippen LogP contribution in [0.15, 0.2) is 42.0 Å². The molecule has 1 unspecified atom stereocenters. The van der Waals surface area contributed by atoms with E-state index in [2.05, 4.69) is 39.4 Å². The molecule has 0 saturated carbocycles. The van der Waals surface area contributed by atoms with Crippen molar-refractivity contribution in [3.8, 4) is 0 Å². The fourth-order valence-corrected chi connectivity index (χ4v) is 3.11. The Morgan fingerprint density at radius 2 is 2.21 bits per heavy atom. The summed E-state index contributed by atoms with van der Waals surface area (Å²) in [7, 11) is 0. The van der Waals surface area contributed by atoms with E-state index in [1.807, 2.05) is 24.5 Å². The lowest BCUT2D eigenvalue weighted by atomic mass is 10.1. The minimum atomic E-state index is 0.101. The van der Waals surface area contributed by atoms with Gasteiger partial charge in [-0.25, -0.2) is 4.98 Å². The molecule has 3 N–H and O–H groups in total. The van der Waals surface area contributed by atoms with Crippen LogP contribution in [0.3, 0.4) is 0 Å². The number of hydrogen-bond donors (Lipinski definition) is 2. The molecule has 0 spiro atoms. The van der Waals surface area contributed by atoms with Crippen LogP contribution >= 0.6 is 11.3 Å². The maximum atomic E-state index is 5.71. The highest BCUT2D eigenvalue weighted by atomic mass is 32.1. The number of rotatable bonds is 4. The molecule has 5 heteroatoms. The van der Waals surface area contributed by atoms with E-state index in [1.54, 1.807) is 11.3 Å². The summed E-state index contributed by atoms with van der Waals surface area (Å²) in [5.74, 6) is 5.71. The molecule has 0 amide bonds. The van der Waals surface area contributed by atoms with Gasteiger partial charge in [-0.3, -0.25) is 11.3 Å². The van der Waals surface area contributed by atoms with Gasteiger partial charge < -0.3 is 4.57 Å². The number of nitrogens with two attached hydrogens (primary N) is 1. The quantitative estimate of drug-likeness (QED) is 0.567. The first kappa shape index (κ1) is 12.3. The Hall–Kier alpha value is -1.69. The Balaban J connectivity index is 1.93. The zero-order valence-electron chi connectivity index (χ0n) is 10.7. The van der Waals surface area contributed by atoms with Crippen LogP contribution in [0, 0.1) is 6.92 Å². The van der Waals surface area contributed by atoms with Gasteiger partial charge in [0.15, 0.2) is 0 Å².